The molecular formula is C32H37N3O4. The second-order valence-corrected chi connectivity index (χ2v) is 10.2. The smallest absolute Gasteiger partial charge is 0.194 e. The maximum absolute atomic E-state index is 14.0. The number of ketones is 1. The fourth-order valence-electron chi connectivity index (χ4n) is 5.82. The molecule has 204 valence electrons. The number of para-hydroxylation sites is 2. The van der Waals surface area contributed by atoms with E-state index in [2.05, 4.69) is 30.1 Å². The van der Waals surface area contributed by atoms with Crippen LogP contribution in [0, 0.1) is 5.92 Å². The van der Waals surface area contributed by atoms with Crippen LogP contribution in [0.4, 0.5) is 17.1 Å². The third-order valence-corrected chi connectivity index (χ3v) is 7.77. The molecule has 1 aliphatic carbocycles. The number of fused-ring (bicyclic) bond motifs is 2. The molecule has 0 spiro atoms. The number of nitrogens with one attached hydrogen (secondary N) is 1. The molecule has 1 heterocycles. The summed E-state index contributed by atoms with van der Waals surface area (Å²) < 4.78 is 11.3. The summed E-state index contributed by atoms with van der Waals surface area (Å²) in [6.45, 7) is 7.52. The lowest BCUT2D eigenvalue weighted by atomic mass is 9.72. The van der Waals surface area contributed by atoms with Crippen molar-refractivity contribution in [2.75, 3.05) is 30.4 Å². The molecule has 2 N–H and O–H groups in total. The monoisotopic (exact) mass is 527 g/mol. The fraction of sp³-hybridized carbons (Fsp3) is 0.375. The minimum absolute atomic E-state index is 0.0440. The first-order valence-electron chi connectivity index (χ1n) is 13.7. The number of Topliss-reactive ketones (excluding diaryl/α,β-unsaturated/α-hetero) is 1. The average molecular weight is 528 g/mol. The van der Waals surface area contributed by atoms with Gasteiger partial charge >= 0.3 is 0 Å². The number of hydrogen-bond donors (Lipinski definition) is 2. The first kappa shape index (κ1) is 26.8. The van der Waals surface area contributed by atoms with Crippen LogP contribution in [0.25, 0.3) is 0 Å². The highest BCUT2D eigenvalue weighted by atomic mass is 16.6. The Morgan fingerprint density at radius 1 is 1.05 bits per heavy atom. The first-order chi connectivity index (χ1) is 18.9. The van der Waals surface area contributed by atoms with E-state index in [0.29, 0.717) is 18.6 Å². The largest absolute Gasteiger partial charge is 0.497 e. The molecule has 39 heavy (non-hydrogen) atoms. The van der Waals surface area contributed by atoms with Crippen LogP contribution in [-0.2, 0) is 4.79 Å². The summed E-state index contributed by atoms with van der Waals surface area (Å²) in [4.78, 5) is 21.3. The predicted octanol–water partition coefficient (Wildman–Crippen LogP) is 6.26. The van der Waals surface area contributed by atoms with Gasteiger partial charge in [0.2, 0.25) is 0 Å². The quantitative estimate of drug-likeness (QED) is 0.337. The van der Waals surface area contributed by atoms with E-state index in [9.17, 15) is 9.90 Å². The summed E-state index contributed by atoms with van der Waals surface area (Å²) >= 11 is 0. The molecule has 0 amide bonds. The summed E-state index contributed by atoms with van der Waals surface area (Å²) in [7, 11) is 1.65. The van der Waals surface area contributed by atoms with Crippen LogP contribution < -0.4 is 19.7 Å². The summed E-state index contributed by atoms with van der Waals surface area (Å²) in [5, 5.41) is 13.9. The maximum atomic E-state index is 14.0. The molecular weight excluding hydrogens is 490 g/mol. The highest BCUT2D eigenvalue weighted by Crippen LogP contribution is 2.46. The lowest BCUT2D eigenvalue weighted by Crippen LogP contribution is -2.39. The second kappa shape index (κ2) is 11.5. The van der Waals surface area contributed by atoms with Crippen molar-refractivity contribution >= 4 is 28.6 Å². The normalized spacial score (nSPS) is 21.0. The van der Waals surface area contributed by atoms with Crippen molar-refractivity contribution in [1.82, 2.24) is 0 Å². The number of aliphatic hydroxyl groups excluding tert-OH is 1. The standard InChI is InChI=1S/C32H37N3O4/c1-5-35(6-2)23-13-16-25(30(19-23)39-20(3)36)32-31-28(33-26-9-7-8-10-27(26)34-32)17-22(18-29(31)37)21-11-14-24(38-4)15-12-21/h7-16,19-20,22,31-32,34,36H,5-6,17-18H2,1-4H3. The minimum atomic E-state index is -0.997. The molecule has 1 aliphatic heterocycles. The highest BCUT2D eigenvalue weighted by Gasteiger charge is 2.42. The number of carbonyl (C=O) groups is 1. The Morgan fingerprint density at radius 3 is 2.49 bits per heavy atom. The Morgan fingerprint density at radius 2 is 1.79 bits per heavy atom. The van der Waals surface area contributed by atoms with Crippen molar-refractivity contribution in [3.05, 3.63) is 77.9 Å². The average Bonchev–Trinajstić information content (AvgIpc) is 3.10. The van der Waals surface area contributed by atoms with Gasteiger partial charge in [-0.3, -0.25) is 9.79 Å². The fourth-order valence-corrected chi connectivity index (χ4v) is 5.82. The van der Waals surface area contributed by atoms with Gasteiger partial charge in [-0.1, -0.05) is 30.3 Å². The van der Waals surface area contributed by atoms with Crippen LogP contribution in [0.2, 0.25) is 0 Å². The van der Waals surface area contributed by atoms with Gasteiger partial charge in [-0.15, -0.1) is 0 Å². The van der Waals surface area contributed by atoms with E-state index in [1.807, 2.05) is 60.7 Å². The maximum Gasteiger partial charge on any atom is 0.194 e. The lowest BCUT2D eigenvalue weighted by Gasteiger charge is -2.35. The number of methoxy groups -OCH3 is 1. The van der Waals surface area contributed by atoms with Crippen LogP contribution in [0.1, 0.15) is 56.7 Å². The number of aliphatic imine (C=N–C) groups is 1. The predicted molar refractivity (Wildman–Crippen MR) is 156 cm³/mol. The van der Waals surface area contributed by atoms with E-state index in [1.54, 1.807) is 14.0 Å². The molecule has 4 unspecified atom stereocenters. The van der Waals surface area contributed by atoms with Crippen molar-refractivity contribution in [2.24, 2.45) is 10.9 Å². The molecule has 1 saturated carbocycles. The Hall–Kier alpha value is -3.84. The Balaban J connectivity index is 1.58. The van der Waals surface area contributed by atoms with Crippen LogP contribution in [0.3, 0.4) is 0 Å². The van der Waals surface area contributed by atoms with Crippen molar-refractivity contribution in [2.45, 2.75) is 51.9 Å². The highest BCUT2D eigenvalue weighted by molar-refractivity contribution is 6.11. The minimum Gasteiger partial charge on any atom is -0.497 e. The zero-order valence-corrected chi connectivity index (χ0v) is 23.1. The van der Waals surface area contributed by atoms with Crippen molar-refractivity contribution in [3.63, 3.8) is 0 Å². The van der Waals surface area contributed by atoms with E-state index in [4.69, 9.17) is 14.5 Å². The number of carbonyl (C=O) groups excluding carboxylic acids is 1. The third-order valence-electron chi connectivity index (χ3n) is 7.77. The van der Waals surface area contributed by atoms with Crippen LogP contribution >= 0.6 is 0 Å². The van der Waals surface area contributed by atoms with E-state index in [-0.39, 0.29) is 11.7 Å². The number of aliphatic hydroxyl groups is 1. The van der Waals surface area contributed by atoms with E-state index < -0.39 is 18.2 Å². The lowest BCUT2D eigenvalue weighted by molar-refractivity contribution is -0.122. The van der Waals surface area contributed by atoms with Crippen molar-refractivity contribution < 1.29 is 19.4 Å². The van der Waals surface area contributed by atoms with Crippen LogP contribution in [0.5, 0.6) is 11.5 Å². The topological polar surface area (TPSA) is 83.4 Å². The Bertz CT molecular complexity index is 1350. The molecule has 5 rings (SSSR count). The van der Waals surface area contributed by atoms with E-state index >= 15 is 0 Å². The zero-order chi connectivity index (χ0) is 27.5. The number of ether oxygens (including phenoxy) is 2. The molecule has 3 aromatic carbocycles. The molecule has 0 radical (unpaired) electrons. The molecule has 4 atom stereocenters. The van der Waals surface area contributed by atoms with Gasteiger partial charge in [-0.25, -0.2) is 0 Å². The molecule has 1 fully saturated rings. The van der Waals surface area contributed by atoms with Crippen molar-refractivity contribution in [3.8, 4) is 11.5 Å². The summed E-state index contributed by atoms with van der Waals surface area (Å²) in [6, 6.07) is 21.5. The van der Waals surface area contributed by atoms with Gasteiger partial charge in [0.15, 0.2) is 6.29 Å². The molecule has 3 aromatic rings. The van der Waals surface area contributed by atoms with Gasteiger partial charge in [0.1, 0.15) is 17.3 Å². The number of nitrogens with zero attached hydrogens (tertiary/aromatic N) is 2. The van der Waals surface area contributed by atoms with Gasteiger partial charge in [-0.05, 0) is 69.0 Å². The zero-order valence-electron chi connectivity index (χ0n) is 23.1. The van der Waals surface area contributed by atoms with Crippen molar-refractivity contribution in [1.29, 1.82) is 0 Å². The molecule has 2 aliphatic rings. The van der Waals surface area contributed by atoms with Crippen LogP contribution in [-0.4, -0.2) is 43.1 Å². The summed E-state index contributed by atoms with van der Waals surface area (Å²) in [5.41, 5.74) is 5.50. The van der Waals surface area contributed by atoms with Gasteiger partial charge in [0.25, 0.3) is 0 Å². The first-order valence-corrected chi connectivity index (χ1v) is 13.7. The molecule has 0 bridgehead atoms. The number of hydrogen-bond acceptors (Lipinski definition) is 7. The molecule has 7 nitrogen and oxygen atoms in total. The summed E-state index contributed by atoms with van der Waals surface area (Å²) in [6.07, 6.45) is 0.108. The van der Waals surface area contributed by atoms with Gasteiger partial charge in [0.05, 0.1) is 30.4 Å². The number of benzene rings is 3. The Labute approximate surface area is 230 Å². The molecule has 0 aromatic heterocycles. The SMILES string of the molecule is CCN(CC)c1ccc(C2Nc3ccccc3N=C3CC(c4ccc(OC)cc4)CC(=O)C32)c(OC(C)O)c1. The molecule has 7 heteroatoms. The summed E-state index contributed by atoms with van der Waals surface area (Å²) in [5.74, 6) is 1.09. The number of rotatable bonds is 8. The van der Waals surface area contributed by atoms with Gasteiger partial charge in [0, 0.05) is 42.5 Å². The second-order valence-electron chi connectivity index (χ2n) is 10.2. The third kappa shape index (κ3) is 5.50. The van der Waals surface area contributed by atoms with E-state index in [1.165, 1.54) is 0 Å². The van der Waals surface area contributed by atoms with Gasteiger partial charge in [-0.2, -0.15) is 0 Å². The van der Waals surface area contributed by atoms with Crippen LogP contribution in [0.15, 0.2) is 71.7 Å². The number of anilines is 2. The molecule has 0 saturated heterocycles. The Kier molecular flexibility index (Phi) is 7.89. The van der Waals surface area contributed by atoms with Gasteiger partial charge < -0.3 is 24.8 Å². The van der Waals surface area contributed by atoms with E-state index in [0.717, 1.165) is 52.7 Å².